The molecule has 0 atom stereocenters. The van der Waals surface area contributed by atoms with Gasteiger partial charge in [0, 0.05) is 12.6 Å². The summed E-state index contributed by atoms with van der Waals surface area (Å²) < 4.78 is 0. The Morgan fingerprint density at radius 3 is 2.87 bits per heavy atom. The van der Waals surface area contributed by atoms with Crippen LogP contribution < -0.4 is 5.32 Å². The molecule has 0 aliphatic carbocycles. The van der Waals surface area contributed by atoms with Crippen LogP contribution in [0.2, 0.25) is 0 Å². The van der Waals surface area contributed by atoms with Crippen LogP contribution in [0.15, 0.2) is 30.3 Å². The molecule has 0 fully saturated rings. The Hall–Kier alpha value is -1.68. The summed E-state index contributed by atoms with van der Waals surface area (Å²) >= 11 is 0. The number of hydrogen-bond acceptors (Lipinski definition) is 3. The van der Waals surface area contributed by atoms with Crippen molar-refractivity contribution in [3.8, 4) is 0 Å². The van der Waals surface area contributed by atoms with Crippen molar-refractivity contribution in [1.29, 1.82) is 0 Å². The molecule has 1 rings (SSSR count). The Morgan fingerprint density at radius 1 is 1.47 bits per heavy atom. The lowest BCUT2D eigenvalue weighted by Crippen LogP contribution is -2.11. The molecule has 4 nitrogen and oxygen atoms in total. The van der Waals surface area contributed by atoms with E-state index >= 15 is 0 Å². The summed E-state index contributed by atoms with van der Waals surface area (Å²) in [6, 6.07) is 6.70. The Bertz CT molecular complexity index is 361. The molecule has 0 aliphatic rings. The number of likely N-dealkylation sites (N-methyl/N-ethyl adjacent to an activating group) is 1. The van der Waals surface area contributed by atoms with E-state index in [1.54, 1.807) is 24.3 Å². The highest BCUT2D eigenvalue weighted by Gasteiger charge is 2.08. The van der Waals surface area contributed by atoms with Gasteiger partial charge in [-0.25, -0.2) is 0 Å². The molecule has 1 N–H and O–H groups in total. The van der Waals surface area contributed by atoms with Gasteiger partial charge in [-0.3, -0.25) is 10.1 Å². The third-order valence-corrected chi connectivity index (χ3v) is 1.94. The molecule has 0 bridgehead atoms. The zero-order valence-electron chi connectivity index (χ0n) is 8.64. The van der Waals surface area contributed by atoms with Crippen LogP contribution in [0.1, 0.15) is 12.5 Å². The second-order valence-corrected chi connectivity index (χ2v) is 3.03. The van der Waals surface area contributed by atoms with Crippen molar-refractivity contribution in [2.75, 3.05) is 13.1 Å². The van der Waals surface area contributed by atoms with Gasteiger partial charge in [0.2, 0.25) is 0 Å². The van der Waals surface area contributed by atoms with Crippen molar-refractivity contribution in [3.63, 3.8) is 0 Å². The van der Waals surface area contributed by atoms with Gasteiger partial charge in [-0.15, -0.1) is 0 Å². The summed E-state index contributed by atoms with van der Waals surface area (Å²) in [6.07, 6.45) is 3.65. The maximum absolute atomic E-state index is 10.7. The van der Waals surface area contributed by atoms with Crippen molar-refractivity contribution in [2.45, 2.75) is 6.92 Å². The molecule has 0 radical (unpaired) electrons. The van der Waals surface area contributed by atoms with Gasteiger partial charge in [-0.2, -0.15) is 0 Å². The number of benzene rings is 1. The lowest BCUT2D eigenvalue weighted by atomic mass is 10.1. The summed E-state index contributed by atoms with van der Waals surface area (Å²) in [5, 5.41) is 13.8. The van der Waals surface area contributed by atoms with E-state index in [0.717, 1.165) is 13.1 Å². The number of rotatable bonds is 5. The molecule has 0 aliphatic heterocycles. The van der Waals surface area contributed by atoms with Crippen molar-refractivity contribution >= 4 is 11.8 Å². The van der Waals surface area contributed by atoms with Gasteiger partial charge in [0.05, 0.1) is 10.5 Å². The first kappa shape index (κ1) is 11.4. The van der Waals surface area contributed by atoms with Crippen molar-refractivity contribution in [3.05, 3.63) is 46.0 Å². The molecule has 4 heteroatoms. The minimum atomic E-state index is -0.368. The van der Waals surface area contributed by atoms with Crippen LogP contribution in [0.3, 0.4) is 0 Å². The Balaban J connectivity index is 2.75. The average molecular weight is 206 g/mol. The number of nitro benzene ring substituents is 1. The predicted molar refractivity (Wildman–Crippen MR) is 60.7 cm³/mol. The van der Waals surface area contributed by atoms with Gasteiger partial charge in [0.1, 0.15) is 0 Å². The van der Waals surface area contributed by atoms with E-state index in [0.29, 0.717) is 5.56 Å². The lowest BCUT2D eigenvalue weighted by molar-refractivity contribution is -0.385. The zero-order chi connectivity index (χ0) is 11.1. The first-order valence-electron chi connectivity index (χ1n) is 4.86. The third-order valence-electron chi connectivity index (χ3n) is 1.94. The first-order valence-corrected chi connectivity index (χ1v) is 4.86. The standard InChI is InChI=1S/C11H14N2O2/c1-2-12-9-5-7-10-6-3-4-8-11(10)13(14)15/h3-8,12H,2,9H2,1H3. The van der Waals surface area contributed by atoms with Gasteiger partial charge in [-0.05, 0) is 12.6 Å². The van der Waals surface area contributed by atoms with Crippen LogP contribution in [-0.4, -0.2) is 18.0 Å². The third kappa shape index (κ3) is 3.52. The molecule has 80 valence electrons. The molecule has 1 aromatic carbocycles. The molecular formula is C11H14N2O2. The Kier molecular flexibility index (Phi) is 4.50. The fraction of sp³-hybridized carbons (Fsp3) is 0.273. The molecule has 0 saturated carbocycles. The zero-order valence-corrected chi connectivity index (χ0v) is 8.64. The molecule has 15 heavy (non-hydrogen) atoms. The molecule has 0 unspecified atom stereocenters. The lowest BCUT2D eigenvalue weighted by Gasteiger charge is -1.97. The summed E-state index contributed by atoms with van der Waals surface area (Å²) in [5.41, 5.74) is 0.783. The van der Waals surface area contributed by atoms with Gasteiger partial charge in [-0.1, -0.05) is 31.2 Å². The van der Waals surface area contributed by atoms with Gasteiger partial charge < -0.3 is 5.32 Å². The second-order valence-electron chi connectivity index (χ2n) is 3.03. The van der Waals surface area contributed by atoms with Crippen LogP contribution in [-0.2, 0) is 0 Å². The molecule has 0 saturated heterocycles. The molecule has 0 heterocycles. The fourth-order valence-corrected chi connectivity index (χ4v) is 1.21. The summed E-state index contributed by atoms with van der Waals surface area (Å²) in [7, 11) is 0. The van der Waals surface area contributed by atoms with Gasteiger partial charge in [0.25, 0.3) is 5.69 Å². The van der Waals surface area contributed by atoms with Crippen LogP contribution in [0.4, 0.5) is 5.69 Å². The Labute approximate surface area is 88.8 Å². The van der Waals surface area contributed by atoms with E-state index in [1.807, 2.05) is 13.0 Å². The molecule has 0 spiro atoms. The van der Waals surface area contributed by atoms with E-state index in [2.05, 4.69) is 5.32 Å². The van der Waals surface area contributed by atoms with Crippen LogP contribution >= 0.6 is 0 Å². The number of hydrogen-bond donors (Lipinski definition) is 1. The smallest absolute Gasteiger partial charge is 0.276 e. The average Bonchev–Trinajstić information content (AvgIpc) is 2.25. The van der Waals surface area contributed by atoms with Crippen LogP contribution in [0, 0.1) is 10.1 Å². The van der Waals surface area contributed by atoms with Crippen molar-refractivity contribution < 1.29 is 4.92 Å². The van der Waals surface area contributed by atoms with E-state index < -0.39 is 0 Å². The summed E-state index contributed by atoms with van der Waals surface area (Å²) in [6.45, 7) is 3.63. The topological polar surface area (TPSA) is 55.2 Å². The minimum absolute atomic E-state index is 0.144. The van der Waals surface area contributed by atoms with Crippen LogP contribution in [0.25, 0.3) is 6.08 Å². The molecular weight excluding hydrogens is 192 g/mol. The monoisotopic (exact) mass is 206 g/mol. The molecule has 1 aromatic rings. The van der Waals surface area contributed by atoms with E-state index in [-0.39, 0.29) is 10.6 Å². The predicted octanol–water partition coefficient (Wildman–Crippen LogP) is 2.22. The Morgan fingerprint density at radius 2 is 2.20 bits per heavy atom. The number of nitrogens with one attached hydrogen (secondary N) is 1. The summed E-state index contributed by atoms with van der Waals surface area (Å²) in [5.74, 6) is 0. The molecule has 0 aromatic heterocycles. The molecule has 0 amide bonds. The number of para-hydroxylation sites is 1. The largest absolute Gasteiger partial charge is 0.314 e. The highest BCUT2D eigenvalue weighted by Crippen LogP contribution is 2.18. The van der Waals surface area contributed by atoms with E-state index in [1.165, 1.54) is 6.07 Å². The van der Waals surface area contributed by atoms with Crippen molar-refractivity contribution in [1.82, 2.24) is 5.32 Å². The van der Waals surface area contributed by atoms with E-state index in [4.69, 9.17) is 0 Å². The fourth-order valence-electron chi connectivity index (χ4n) is 1.21. The van der Waals surface area contributed by atoms with Crippen LogP contribution in [0.5, 0.6) is 0 Å². The summed E-state index contributed by atoms with van der Waals surface area (Å²) in [4.78, 5) is 10.3. The van der Waals surface area contributed by atoms with Crippen molar-refractivity contribution in [2.24, 2.45) is 0 Å². The maximum Gasteiger partial charge on any atom is 0.276 e. The number of nitrogens with zero attached hydrogens (tertiary/aromatic N) is 1. The second kappa shape index (κ2) is 5.93. The first-order chi connectivity index (χ1) is 7.25. The normalized spacial score (nSPS) is 10.7. The van der Waals surface area contributed by atoms with E-state index in [9.17, 15) is 10.1 Å². The minimum Gasteiger partial charge on any atom is -0.314 e. The highest BCUT2D eigenvalue weighted by molar-refractivity contribution is 5.60. The highest BCUT2D eigenvalue weighted by atomic mass is 16.6. The van der Waals surface area contributed by atoms with Gasteiger partial charge >= 0.3 is 0 Å². The quantitative estimate of drug-likeness (QED) is 0.456. The maximum atomic E-state index is 10.7. The number of nitro groups is 1. The SMILES string of the molecule is CCNCC=Cc1ccccc1[N+](=O)[O-]. The van der Waals surface area contributed by atoms with Gasteiger partial charge in [0.15, 0.2) is 0 Å².